The monoisotopic (exact) mass is 467 g/mol. The molecule has 0 saturated carbocycles. The van der Waals surface area contributed by atoms with E-state index in [2.05, 4.69) is 4.98 Å². The maximum Gasteiger partial charge on any atom is 0.326 e. The standard InChI is InChI=1S/C27H25N5O3/c1-18-11-12-25(35-18)22-17-24(32(29-22)20-7-3-2-4-8-20)26(33)30-15-13-19(14-16-30)31-23-10-6-5-9-21(23)28-27(31)34/h2-12,17,19H,13-16H2,1H3,(H,28,34). The average Bonchev–Trinajstić information content (AvgIpc) is 3.60. The molecule has 6 rings (SSSR count). The van der Waals surface area contributed by atoms with Gasteiger partial charge in [0.05, 0.1) is 16.7 Å². The van der Waals surface area contributed by atoms with Crippen molar-refractivity contribution < 1.29 is 9.21 Å². The molecule has 1 amide bonds. The zero-order valence-electron chi connectivity index (χ0n) is 19.3. The minimum absolute atomic E-state index is 0.0448. The van der Waals surface area contributed by atoms with Crippen LogP contribution < -0.4 is 5.69 Å². The molecular formula is C27H25N5O3. The summed E-state index contributed by atoms with van der Waals surface area (Å²) in [7, 11) is 0. The summed E-state index contributed by atoms with van der Waals surface area (Å²) in [5.74, 6) is 1.33. The fourth-order valence-electron chi connectivity index (χ4n) is 4.92. The molecule has 1 N–H and O–H groups in total. The summed E-state index contributed by atoms with van der Waals surface area (Å²) < 4.78 is 9.29. The number of H-pyrrole nitrogens is 1. The number of amides is 1. The summed E-state index contributed by atoms with van der Waals surface area (Å²) in [5.41, 5.74) is 3.56. The van der Waals surface area contributed by atoms with Gasteiger partial charge in [-0.3, -0.25) is 9.36 Å². The maximum atomic E-state index is 13.7. The van der Waals surface area contributed by atoms with E-state index < -0.39 is 0 Å². The van der Waals surface area contributed by atoms with Crippen LogP contribution in [-0.2, 0) is 0 Å². The highest BCUT2D eigenvalue weighted by Crippen LogP contribution is 2.28. The molecule has 1 aliphatic rings. The summed E-state index contributed by atoms with van der Waals surface area (Å²) in [6, 6.07) is 22.9. The molecule has 0 bridgehead atoms. The van der Waals surface area contributed by atoms with Crippen LogP contribution in [0.15, 0.2) is 82.0 Å². The number of likely N-dealkylation sites (tertiary alicyclic amines) is 1. The Balaban J connectivity index is 1.28. The van der Waals surface area contributed by atoms with Crippen LogP contribution >= 0.6 is 0 Å². The topological polar surface area (TPSA) is 89.1 Å². The van der Waals surface area contributed by atoms with Gasteiger partial charge < -0.3 is 14.3 Å². The van der Waals surface area contributed by atoms with E-state index in [0.29, 0.717) is 43.1 Å². The number of imidazole rings is 1. The van der Waals surface area contributed by atoms with E-state index in [1.807, 2.05) is 83.1 Å². The van der Waals surface area contributed by atoms with E-state index >= 15 is 0 Å². The number of aryl methyl sites for hydroxylation is 1. The van der Waals surface area contributed by atoms with E-state index in [9.17, 15) is 9.59 Å². The molecule has 8 heteroatoms. The van der Waals surface area contributed by atoms with Crippen molar-refractivity contribution >= 4 is 16.9 Å². The molecule has 8 nitrogen and oxygen atoms in total. The first-order chi connectivity index (χ1) is 17.1. The number of rotatable bonds is 4. The minimum Gasteiger partial charge on any atom is -0.460 e. The fraction of sp³-hybridized carbons (Fsp3) is 0.222. The van der Waals surface area contributed by atoms with Gasteiger partial charge in [-0.2, -0.15) is 5.10 Å². The molecule has 0 radical (unpaired) electrons. The Bertz CT molecular complexity index is 1570. The van der Waals surface area contributed by atoms with Gasteiger partial charge in [0.2, 0.25) is 0 Å². The van der Waals surface area contributed by atoms with Crippen molar-refractivity contribution in [3.05, 3.63) is 94.7 Å². The van der Waals surface area contributed by atoms with Crippen LogP contribution in [0.1, 0.15) is 35.1 Å². The van der Waals surface area contributed by atoms with Crippen molar-refractivity contribution in [3.8, 4) is 17.1 Å². The zero-order chi connectivity index (χ0) is 23.9. The average molecular weight is 468 g/mol. The molecule has 0 spiro atoms. The van der Waals surface area contributed by atoms with Gasteiger partial charge in [-0.1, -0.05) is 30.3 Å². The predicted octanol–water partition coefficient (Wildman–Crippen LogP) is 4.56. The molecule has 2 aromatic carbocycles. The van der Waals surface area contributed by atoms with Gasteiger partial charge in [0.15, 0.2) is 5.76 Å². The summed E-state index contributed by atoms with van der Waals surface area (Å²) in [5, 5.41) is 4.71. The lowest BCUT2D eigenvalue weighted by Crippen LogP contribution is -2.41. The lowest BCUT2D eigenvalue weighted by Gasteiger charge is -2.32. The van der Waals surface area contributed by atoms with Crippen LogP contribution in [0.3, 0.4) is 0 Å². The number of hydrogen-bond acceptors (Lipinski definition) is 4. The highest BCUT2D eigenvalue weighted by Gasteiger charge is 2.29. The van der Waals surface area contributed by atoms with E-state index in [0.717, 1.165) is 22.5 Å². The van der Waals surface area contributed by atoms with Gasteiger partial charge in [0.25, 0.3) is 5.91 Å². The maximum absolute atomic E-state index is 13.7. The molecule has 0 unspecified atom stereocenters. The quantitative estimate of drug-likeness (QED) is 0.420. The highest BCUT2D eigenvalue weighted by atomic mass is 16.3. The van der Waals surface area contributed by atoms with Crippen molar-refractivity contribution in [2.45, 2.75) is 25.8 Å². The molecule has 176 valence electrons. The largest absolute Gasteiger partial charge is 0.460 e. The van der Waals surface area contributed by atoms with Gasteiger partial charge in [-0.05, 0) is 56.2 Å². The van der Waals surface area contributed by atoms with E-state index in [-0.39, 0.29) is 17.6 Å². The highest BCUT2D eigenvalue weighted by molar-refractivity contribution is 5.94. The van der Waals surface area contributed by atoms with Crippen molar-refractivity contribution in [2.75, 3.05) is 13.1 Å². The first-order valence-electron chi connectivity index (χ1n) is 11.8. The Kier molecular flexibility index (Phi) is 5.13. The Morgan fingerprint density at radius 3 is 2.49 bits per heavy atom. The number of fused-ring (bicyclic) bond motifs is 1. The first-order valence-corrected chi connectivity index (χ1v) is 11.8. The summed E-state index contributed by atoms with van der Waals surface area (Å²) >= 11 is 0. The lowest BCUT2D eigenvalue weighted by molar-refractivity contribution is 0.0685. The number of carbonyl (C=O) groups is 1. The van der Waals surface area contributed by atoms with Crippen LogP contribution in [0.25, 0.3) is 28.2 Å². The minimum atomic E-state index is -0.100. The van der Waals surface area contributed by atoms with Crippen LogP contribution in [0.5, 0.6) is 0 Å². The van der Waals surface area contributed by atoms with E-state index in [1.165, 1.54) is 0 Å². The number of benzene rings is 2. The second-order valence-corrected chi connectivity index (χ2v) is 8.91. The summed E-state index contributed by atoms with van der Waals surface area (Å²) in [4.78, 5) is 31.1. The second-order valence-electron chi connectivity index (χ2n) is 8.91. The van der Waals surface area contributed by atoms with Gasteiger partial charge in [-0.25, -0.2) is 9.48 Å². The van der Waals surface area contributed by atoms with Crippen molar-refractivity contribution in [3.63, 3.8) is 0 Å². The number of nitrogens with zero attached hydrogens (tertiary/aromatic N) is 4. The lowest BCUT2D eigenvalue weighted by atomic mass is 10.0. The zero-order valence-corrected chi connectivity index (χ0v) is 19.3. The van der Waals surface area contributed by atoms with Gasteiger partial charge >= 0.3 is 5.69 Å². The third-order valence-corrected chi connectivity index (χ3v) is 6.66. The second kappa shape index (κ2) is 8.47. The van der Waals surface area contributed by atoms with Crippen molar-refractivity contribution in [2.24, 2.45) is 0 Å². The van der Waals surface area contributed by atoms with Gasteiger partial charge in [0.1, 0.15) is 17.1 Å². The number of aromatic nitrogens is 4. The SMILES string of the molecule is Cc1ccc(-c2cc(C(=O)N3CCC(n4c(=O)[nH]c5ccccc54)CC3)n(-c3ccccc3)n2)o1. The van der Waals surface area contributed by atoms with E-state index in [1.54, 1.807) is 10.7 Å². The van der Waals surface area contributed by atoms with E-state index in [4.69, 9.17) is 9.52 Å². The van der Waals surface area contributed by atoms with Crippen molar-refractivity contribution in [1.82, 2.24) is 24.2 Å². The fourth-order valence-corrected chi connectivity index (χ4v) is 4.92. The first kappa shape index (κ1) is 21.2. The summed E-state index contributed by atoms with van der Waals surface area (Å²) in [6.07, 6.45) is 1.41. The number of carbonyl (C=O) groups excluding carboxylic acids is 1. The summed E-state index contributed by atoms with van der Waals surface area (Å²) in [6.45, 7) is 3.00. The van der Waals surface area contributed by atoms with Crippen LogP contribution in [0.2, 0.25) is 0 Å². The van der Waals surface area contributed by atoms with Crippen LogP contribution in [0, 0.1) is 6.92 Å². The molecule has 35 heavy (non-hydrogen) atoms. The Morgan fingerprint density at radius 2 is 1.74 bits per heavy atom. The number of nitrogens with one attached hydrogen (secondary N) is 1. The van der Waals surface area contributed by atoms with Crippen molar-refractivity contribution in [1.29, 1.82) is 0 Å². The molecule has 3 aromatic heterocycles. The Hall–Kier alpha value is -4.33. The molecule has 1 saturated heterocycles. The molecular weight excluding hydrogens is 442 g/mol. The number of hydrogen-bond donors (Lipinski definition) is 1. The number of piperidine rings is 1. The van der Waals surface area contributed by atoms with Crippen LogP contribution in [-0.4, -0.2) is 43.2 Å². The molecule has 1 aliphatic heterocycles. The van der Waals surface area contributed by atoms with Gasteiger partial charge in [-0.15, -0.1) is 0 Å². The molecule has 1 fully saturated rings. The molecule has 5 aromatic rings. The number of aromatic amines is 1. The number of para-hydroxylation sites is 3. The molecule has 0 aliphatic carbocycles. The van der Waals surface area contributed by atoms with Crippen LogP contribution in [0.4, 0.5) is 0 Å². The normalized spacial score (nSPS) is 14.6. The predicted molar refractivity (Wildman–Crippen MR) is 133 cm³/mol. The molecule has 0 atom stereocenters. The Morgan fingerprint density at radius 1 is 1.00 bits per heavy atom. The molecule has 4 heterocycles. The third kappa shape index (κ3) is 3.77. The smallest absolute Gasteiger partial charge is 0.326 e. The number of furan rings is 1. The van der Waals surface area contributed by atoms with Gasteiger partial charge in [0, 0.05) is 25.2 Å². The Labute approximate surface area is 201 Å². The third-order valence-electron chi connectivity index (χ3n) is 6.66.